The SMILES string of the molecule is Cc1nn(-c2ccccc2)c(C)c1CNCC(c1cccs1)N1CCN(C)CC1. The van der Waals surface area contributed by atoms with Gasteiger partial charge in [0, 0.05) is 55.4 Å². The molecule has 5 nitrogen and oxygen atoms in total. The fourth-order valence-electron chi connectivity index (χ4n) is 4.11. The van der Waals surface area contributed by atoms with Crippen LogP contribution in [0.1, 0.15) is 27.9 Å². The van der Waals surface area contributed by atoms with Crippen molar-refractivity contribution in [1.29, 1.82) is 0 Å². The number of hydrogen-bond donors (Lipinski definition) is 1. The third-order valence-electron chi connectivity index (χ3n) is 5.93. The van der Waals surface area contributed by atoms with Crippen LogP contribution < -0.4 is 5.32 Å². The van der Waals surface area contributed by atoms with Gasteiger partial charge >= 0.3 is 0 Å². The van der Waals surface area contributed by atoms with Crippen LogP contribution in [0.4, 0.5) is 0 Å². The molecule has 4 rings (SSSR count). The number of hydrogen-bond acceptors (Lipinski definition) is 5. The Morgan fingerprint density at radius 2 is 1.79 bits per heavy atom. The molecule has 1 atom stereocenters. The molecule has 1 aliphatic rings. The lowest BCUT2D eigenvalue weighted by atomic mass is 10.1. The largest absolute Gasteiger partial charge is 0.311 e. The number of thiophene rings is 1. The number of nitrogens with zero attached hydrogens (tertiary/aromatic N) is 4. The van der Waals surface area contributed by atoms with Gasteiger partial charge in [0.2, 0.25) is 0 Å². The summed E-state index contributed by atoms with van der Waals surface area (Å²) in [4.78, 5) is 6.50. The van der Waals surface area contributed by atoms with Crippen molar-refractivity contribution in [3.8, 4) is 5.69 Å². The van der Waals surface area contributed by atoms with Gasteiger partial charge in [-0.25, -0.2) is 4.68 Å². The van der Waals surface area contributed by atoms with E-state index in [0.29, 0.717) is 6.04 Å². The maximum Gasteiger partial charge on any atom is 0.0648 e. The van der Waals surface area contributed by atoms with E-state index in [0.717, 1.165) is 50.6 Å². The first-order valence-electron chi connectivity index (χ1n) is 10.4. The number of benzene rings is 1. The van der Waals surface area contributed by atoms with Crippen molar-refractivity contribution in [2.24, 2.45) is 0 Å². The first kappa shape index (κ1) is 20.3. The second-order valence-electron chi connectivity index (χ2n) is 7.90. The third-order valence-corrected chi connectivity index (χ3v) is 6.91. The van der Waals surface area contributed by atoms with Crippen LogP contribution in [-0.2, 0) is 6.54 Å². The summed E-state index contributed by atoms with van der Waals surface area (Å²) in [6, 6.07) is 15.3. The van der Waals surface area contributed by atoms with Gasteiger partial charge in [0.1, 0.15) is 0 Å². The molecule has 154 valence electrons. The molecule has 1 saturated heterocycles. The minimum atomic E-state index is 0.438. The summed E-state index contributed by atoms with van der Waals surface area (Å²) in [6.45, 7) is 10.6. The van der Waals surface area contributed by atoms with Crippen molar-refractivity contribution in [3.05, 3.63) is 69.7 Å². The van der Waals surface area contributed by atoms with Crippen molar-refractivity contribution in [2.45, 2.75) is 26.4 Å². The molecule has 0 saturated carbocycles. The summed E-state index contributed by atoms with van der Waals surface area (Å²) in [5.74, 6) is 0. The van der Waals surface area contributed by atoms with Crippen LogP contribution in [0.5, 0.6) is 0 Å². The Hall–Kier alpha value is -1.99. The molecule has 1 fully saturated rings. The lowest BCUT2D eigenvalue weighted by molar-refractivity contribution is 0.111. The summed E-state index contributed by atoms with van der Waals surface area (Å²) < 4.78 is 2.06. The van der Waals surface area contributed by atoms with Gasteiger partial charge in [0.25, 0.3) is 0 Å². The van der Waals surface area contributed by atoms with Crippen molar-refractivity contribution in [2.75, 3.05) is 39.8 Å². The average Bonchev–Trinajstić information content (AvgIpc) is 3.36. The molecule has 29 heavy (non-hydrogen) atoms. The number of aryl methyl sites for hydroxylation is 1. The molecule has 0 radical (unpaired) electrons. The zero-order valence-electron chi connectivity index (χ0n) is 17.6. The molecule has 1 aromatic carbocycles. The van der Waals surface area contributed by atoms with Gasteiger partial charge in [-0.2, -0.15) is 5.10 Å². The summed E-state index contributed by atoms with van der Waals surface area (Å²) >= 11 is 1.87. The molecule has 3 aromatic rings. The van der Waals surface area contributed by atoms with Crippen LogP contribution >= 0.6 is 11.3 Å². The first-order valence-corrected chi connectivity index (χ1v) is 11.3. The fraction of sp³-hybridized carbons (Fsp3) is 0.435. The van der Waals surface area contributed by atoms with Gasteiger partial charge in [-0.05, 0) is 44.5 Å². The number of piperazine rings is 1. The normalized spacial score (nSPS) is 16.9. The molecule has 0 bridgehead atoms. The van der Waals surface area contributed by atoms with E-state index >= 15 is 0 Å². The van der Waals surface area contributed by atoms with E-state index in [1.165, 1.54) is 16.1 Å². The highest BCUT2D eigenvalue weighted by atomic mass is 32.1. The molecule has 6 heteroatoms. The van der Waals surface area contributed by atoms with E-state index in [9.17, 15) is 0 Å². The van der Waals surface area contributed by atoms with E-state index < -0.39 is 0 Å². The maximum absolute atomic E-state index is 4.79. The lowest BCUT2D eigenvalue weighted by Crippen LogP contribution is -2.47. The van der Waals surface area contributed by atoms with Crippen LogP contribution in [-0.4, -0.2) is 59.4 Å². The summed E-state index contributed by atoms with van der Waals surface area (Å²) in [5, 5.41) is 10.7. The van der Waals surface area contributed by atoms with E-state index in [1.807, 2.05) is 17.4 Å². The molecule has 2 aromatic heterocycles. The van der Waals surface area contributed by atoms with Gasteiger partial charge in [-0.1, -0.05) is 24.3 Å². The molecule has 1 aliphatic heterocycles. The lowest BCUT2D eigenvalue weighted by Gasteiger charge is -2.37. The second-order valence-corrected chi connectivity index (χ2v) is 8.88. The predicted octanol–water partition coefficient (Wildman–Crippen LogP) is 3.63. The van der Waals surface area contributed by atoms with E-state index in [2.05, 4.69) is 82.5 Å². The first-order chi connectivity index (χ1) is 14.1. The molecule has 1 N–H and O–H groups in total. The zero-order chi connectivity index (χ0) is 20.2. The molecular weight excluding hydrogens is 378 g/mol. The van der Waals surface area contributed by atoms with Gasteiger partial charge in [0.05, 0.1) is 17.4 Å². The van der Waals surface area contributed by atoms with Crippen molar-refractivity contribution in [3.63, 3.8) is 0 Å². The average molecular weight is 410 g/mol. The fourth-order valence-corrected chi connectivity index (χ4v) is 4.97. The van der Waals surface area contributed by atoms with E-state index in [1.54, 1.807) is 0 Å². The Morgan fingerprint density at radius 1 is 1.03 bits per heavy atom. The zero-order valence-corrected chi connectivity index (χ0v) is 18.5. The smallest absolute Gasteiger partial charge is 0.0648 e. The quantitative estimate of drug-likeness (QED) is 0.647. The Labute approximate surface area is 178 Å². The van der Waals surface area contributed by atoms with E-state index in [4.69, 9.17) is 5.10 Å². The van der Waals surface area contributed by atoms with Crippen LogP contribution in [0, 0.1) is 13.8 Å². The number of likely N-dealkylation sites (N-methyl/N-ethyl adjacent to an activating group) is 1. The molecule has 0 aliphatic carbocycles. The Kier molecular flexibility index (Phi) is 6.45. The van der Waals surface area contributed by atoms with Crippen molar-refractivity contribution in [1.82, 2.24) is 24.9 Å². The topological polar surface area (TPSA) is 36.3 Å². The summed E-state index contributed by atoms with van der Waals surface area (Å²) in [7, 11) is 2.21. The van der Waals surface area contributed by atoms with Gasteiger partial charge in [-0.15, -0.1) is 11.3 Å². The standard InChI is InChI=1S/C23H31N5S/c1-18-21(19(2)28(25-18)20-8-5-4-6-9-20)16-24-17-22(23-10-7-15-29-23)27-13-11-26(3)12-14-27/h4-10,15,22,24H,11-14,16-17H2,1-3H3. The number of rotatable bonds is 7. The Morgan fingerprint density at radius 3 is 2.48 bits per heavy atom. The molecule has 0 amide bonds. The van der Waals surface area contributed by atoms with Crippen molar-refractivity contribution < 1.29 is 0 Å². The Bertz CT molecular complexity index is 895. The number of para-hydroxylation sites is 1. The molecule has 1 unspecified atom stereocenters. The molecule has 3 heterocycles. The van der Waals surface area contributed by atoms with Gasteiger partial charge in [-0.3, -0.25) is 4.90 Å². The van der Waals surface area contributed by atoms with Crippen molar-refractivity contribution >= 4 is 11.3 Å². The minimum Gasteiger partial charge on any atom is -0.311 e. The summed E-state index contributed by atoms with van der Waals surface area (Å²) in [6.07, 6.45) is 0. The highest BCUT2D eigenvalue weighted by molar-refractivity contribution is 7.10. The number of aromatic nitrogens is 2. The second kappa shape index (κ2) is 9.22. The maximum atomic E-state index is 4.79. The van der Waals surface area contributed by atoms with Crippen LogP contribution in [0.3, 0.4) is 0 Å². The summed E-state index contributed by atoms with van der Waals surface area (Å²) in [5.41, 5.74) is 4.74. The molecular formula is C23H31N5S. The molecule has 0 spiro atoms. The van der Waals surface area contributed by atoms with Crippen LogP contribution in [0.15, 0.2) is 47.8 Å². The number of nitrogens with one attached hydrogen (secondary N) is 1. The van der Waals surface area contributed by atoms with Crippen LogP contribution in [0.2, 0.25) is 0 Å². The Balaban J connectivity index is 1.45. The monoisotopic (exact) mass is 409 g/mol. The van der Waals surface area contributed by atoms with Crippen LogP contribution in [0.25, 0.3) is 5.69 Å². The third kappa shape index (κ3) is 4.61. The highest BCUT2D eigenvalue weighted by Crippen LogP contribution is 2.26. The van der Waals surface area contributed by atoms with E-state index in [-0.39, 0.29) is 0 Å². The minimum absolute atomic E-state index is 0.438. The van der Waals surface area contributed by atoms with Gasteiger partial charge < -0.3 is 10.2 Å². The highest BCUT2D eigenvalue weighted by Gasteiger charge is 2.24. The van der Waals surface area contributed by atoms with Gasteiger partial charge in [0.15, 0.2) is 0 Å². The predicted molar refractivity (Wildman–Crippen MR) is 121 cm³/mol.